The highest BCUT2D eigenvalue weighted by Gasteiger charge is 2.98. The highest BCUT2D eigenvalue weighted by atomic mass is 16.8. The van der Waals surface area contributed by atoms with Crippen molar-refractivity contribution in [1.29, 1.82) is 10.5 Å². The minimum Gasteiger partial charge on any atom is -0.469 e. The molecule has 0 unspecified atom stereocenters. The fourth-order valence-corrected chi connectivity index (χ4v) is 3.70. The second-order valence-corrected chi connectivity index (χ2v) is 5.14. The first-order chi connectivity index (χ1) is 9.68. The van der Waals surface area contributed by atoms with Gasteiger partial charge in [0.1, 0.15) is 5.76 Å². The van der Waals surface area contributed by atoms with E-state index in [2.05, 4.69) is 17.1 Å². The summed E-state index contributed by atoms with van der Waals surface area (Å²) < 4.78 is 16.6. The van der Waals surface area contributed by atoms with E-state index in [0.29, 0.717) is 19.0 Å². The van der Waals surface area contributed by atoms with Crippen LogP contribution < -0.4 is 10.7 Å². The zero-order chi connectivity index (χ0) is 14.0. The van der Waals surface area contributed by atoms with E-state index in [1.165, 1.54) is 6.26 Å². The lowest BCUT2D eigenvalue weighted by Gasteiger charge is -2.22. The van der Waals surface area contributed by atoms with Crippen LogP contribution in [0.25, 0.3) is 0 Å². The molecule has 7 nitrogen and oxygen atoms in total. The van der Waals surface area contributed by atoms with Crippen LogP contribution in [0.5, 0.6) is 0 Å². The zero-order valence-electron chi connectivity index (χ0n) is 10.4. The monoisotopic (exact) mass is 271 g/mol. The molecule has 3 atom stereocenters. The molecule has 1 aromatic rings. The number of hydrogen-bond acceptors (Lipinski definition) is 6. The Bertz CT molecular complexity index is 692. The van der Waals surface area contributed by atoms with E-state index < -0.39 is 22.7 Å². The number of ether oxygens (including phenoxy) is 2. The molecule has 1 saturated carbocycles. The lowest BCUT2D eigenvalue weighted by atomic mass is 9.94. The first-order valence-corrected chi connectivity index (χ1v) is 6.23. The van der Waals surface area contributed by atoms with Crippen molar-refractivity contribution in [2.45, 2.75) is 11.8 Å². The van der Waals surface area contributed by atoms with Crippen LogP contribution in [-0.4, -0.2) is 25.0 Å². The van der Waals surface area contributed by atoms with Crippen LogP contribution >= 0.6 is 0 Å². The molecule has 3 aliphatic rings. The Kier molecular flexibility index (Phi) is 1.84. The number of amidine groups is 1. The second-order valence-electron chi connectivity index (χ2n) is 5.14. The molecular weight excluding hydrogens is 260 g/mol. The molecule has 1 aliphatic carbocycles. The summed E-state index contributed by atoms with van der Waals surface area (Å²) in [6, 6.07) is 7.84. The molecule has 0 aromatic carbocycles. The maximum Gasteiger partial charge on any atom is 0.343 e. The van der Waals surface area contributed by atoms with Gasteiger partial charge in [-0.05, 0) is 12.1 Å². The highest BCUT2D eigenvalue weighted by molar-refractivity contribution is 5.95. The van der Waals surface area contributed by atoms with Gasteiger partial charge < -0.3 is 13.9 Å². The van der Waals surface area contributed by atoms with Gasteiger partial charge in [-0.2, -0.15) is 10.5 Å². The molecule has 0 radical (unpaired) electrons. The van der Waals surface area contributed by atoms with E-state index >= 15 is 0 Å². The number of hydrogen-bond donors (Lipinski definition) is 2. The maximum atomic E-state index is 9.76. The molecule has 2 fully saturated rings. The maximum absolute atomic E-state index is 9.76. The van der Waals surface area contributed by atoms with Gasteiger partial charge in [-0.1, -0.05) is 0 Å². The lowest BCUT2D eigenvalue weighted by molar-refractivity contribution is -0.676. The van der Waals surface area contributed by atoms with Crippen molar-refractivity contribution >= 4 is 5.84 Å². The Balaban J connectivity index is 1.96. The van der Waals surface area contributed by atoms with E-state index in [1.54, 1.807) is 12.1 Å². The molecule has 0 amide bonds. The molecule has 1 spiro atoms. The summed E-state index contributed by atoms with van der Waals surface area (Å²) in [5, 5.41) is 19.4. The molecule has 7 heteroatoms. The molecule has 0 bridgehead atoms. The average molecular weight is 271 g/mol. The van der Waals surface area contributed by atoms with Crippen molar-refractivity contribution in [3.05, 3.63) is 24.2 Å². The van der Waals surface area contributed by atoms with Gasteiger partial charge >= 0.3 is 5.91 Å². The Morgan fingerprint density at radius 2 is 2.05 bits per heavy atom. The van der Waals surface area contributed by atoms with E-state index in [-0.39, 0.29) is 5.84 Å². The van der Waals surface area contributed by atoms with Crippen molar-refractivity contribution in [3.63, 3.8) is 0 Å². The lowest BCUT2D eigenvalue weighted by Crippen LogP contribution is -2.89. The van der Waals surface area contributed by atoms with Crippen LogP contribution in [0.2, 0.25) is 0 Å². The first kappa shape index (κ1) is 11.5. The Labute approximate surface area is 114 Å². The van der Waals surface area contributed by atoms with Gasteiger partial charge in [-0.25, -0.2) is 4.99 Å². The summed E-state index contributed by atoms with van der Waals surface area (Å²) in [4.78, 5) is 2.87. The van der Waals surface area contributed by atoms with Crippen molar-refractivity contribution in [2.24, 2.45) is 16.6 Å². The first-order valence-electron chi connectivity index (χ1n) is 6.23. The van der Waals surface area contributed by atoms with Gasteiger partial charge in [0.2, 0.25) is 0 Å². The van der Waals surface area contributed by atoms with E-state index in [1.807, 2.05) is 0 Å². The Hall–Kier alpha value is -2.35. The fourth-order valence-electron chi connectivity index (χ4n) is 3.70. The summed E-state index contributed by atoms with van der Waals surface area (Å²) >= 11 is 0. The smallest absolute Gasteiger partial charge is 0.343 e. The number of nitrogens with zero attached hydrogens (tertiary/aromatic N) is 2. The SMILES string of the molecule is N#C[C@@]12C(N)=[NH+]C3(OCCO3)[C@]1(C#N)[C@@H]2c1ccco1. The molecule has 2 aliphatic heterocycles. The topological polar surface area (TPSA) is 119 Å². The summed E-state index contributed by atoms with van der Waals surface area (Å²) in [5.41, 5.74) is 3.59. The molecular formula is C13H11N4O3+. The number of nitriles is 2. The van der Waals surface area contributed by atoms with Crippen LogP contribution in [0, 0.1) is 33.5 Å². The van der Waals surface area contributed by atoms with Crippen molar-refractivity contribution in [1.82, 2.24) is 0 Å². The van der Waals surface area contributed by atoms with Crippen LogP contribution in [0.15, 0.2) is 22.8 Å². The summed E-state index contributed by atoms with van der Waals surface area (Å²) in [6.45, 7) is 0.687. The molecule has 100 valence electrons. The summed E-state index contributed by atoms with van der Waals surface area (Å²) in [7, 11) is 0. The van der Waals surface area contributed by atoms with E-state index in [0.717, 1.165) is 0 Å². The molecule has 3 N–H and O–H groups in total. The fraction of sp³-hybridized carbons (Fsp3) is 0.462. The van der Waals surface area contributed by atoms with Gasteiger partial charge in [0.15, 0.2) is 10.8 Å². The zero-order valence-corrected chi connectivity index (χ0v) is 10.4. The van der Waals surface area contributed by atoms with Crippen molar-refractivity contribution < 1.29 is 18.9 Å². The van der Waals surface area contributed by atoms with Crippen LogP contribution in [0.1, 0.15) is 11.7 Å². The molecule has 1 saturated heterocycles. The standard InChI is InChI=1S/C13H10N4O3/c14-6-11-9(8-2-1-3-18-8)12(11,7-15)13(17-10(11)16)19-4-5-20-13/h1-3,9H,4-5H2,(H2,16,17)/p+1/t9-,11-,12-/m1/s1. The minimum atomic E-state index is -1.36. The van der Waals surface area contributed by atoms with Crippen LogP contribution in [0.4, 0.5) is 0 Å². The third kappa shape index (κ3) is 0.856. The van der Waals surface area contributed by atoms with Crippen LogP contribution in [0.3, 0.4) is 0 Å². The number of nitrogens with one attached hydrogen (secondary N) is 1. The molecule has 20 heavy (non-hydrogen) atoms. The average Bonchev–Trinajstić information content (AvgIpc) is 2.93. The quantitative estimate of drug-likeness (QED) is 0.645. The van der Waals surface area contributed by atoms with E-state index in [9.17, 15) is 10.5 Å². The number of rotatable bonds is 1. The predicted molar refractivity (Wildman–Crippen MR) is 62.3 cm³/mol. The van der Waals surface area contributed by atoms with Gasteiger partial charge in [0, 0.05) is 0 Å². The van der Waals surface area contributed by atoms with Crippen molar-refractivity contribution in [2.75, 3.05) is 13.2 Å². The number of furan rings is 1. The summed E-state index contributed by atoms with van der Waals surface area (Å²) in [6.07, 6.45) is 1.51. The largest absolute Gasteiger partial charge is 0.469 e. The highest BCUT2D eigenvalue weighted by Crippen LogP contribution is 2.79. The Morgan fingerprint density at radius 1 is 1.30 bits per heavy atom. The van der Waals surface area contributed by atoms with Gasteiger partial charge in [-0.15, -0.1) is 0 Å². The molecule has 3 heterocycles. The molecule has 4 rings (SSSR count). The van der Waals surface area contributed by atoms with Crippen LogP contribution in [-0.2, 0) is 9.47 Å². The van der Waals surface area contributed by atoms with E-state index in [4.69, 9.17) is 19.6 Å². The van der Waals surface area contributed by atoms with Gasteiger partial charge in [-0.3, -0.25) is 5.73 Å². The third-order valence-corrected chi connectivity index (χ3v) is 4.52. The number of nitrogens with two attached hydrogens (primary N) is 1. The predicted octanol–water partition coefficient (Wildman–Crippen LogP) is -1.45. The summed E-state index contributed by atoms with van der Waals surface area (Å²) in [5.74, 6) is -1.13. The minimum absolute atomic E-state index is 0.199. The normalized spacial score (nSPS) is 39.9. The second kappa shape index (κ2) is 3.21. The Morgan fingerprint density at radius 3 is 2.60 bits per heavy atom. The third-order valence-electron chi connectivity index (χ3n) is 4.52. The van der Waals surface area contributed by atoms with Gasteiger partial charge in [0.25, 0.3) is 5.84 Å². The van der Waals surface area contributed by atoms with Crippen molar-refractivity contribution in [3.8, 4) is 12.1 Å². The number of fused-ring (bicyclic) bond motifs is 2. The van der Waals surface area contributed by atoms with Gasteiger partial charge in [0.05, 0.1) is 37.5 Å². The molecule has 1 aromatic heterocycles.